The molecule has 2 rings (SSSR count). The lowest BCUT2D eigenvalue weighted by atomic mass is 10.1. The number of carbonyl (C=O) groups is 1. The van der Waals surface area contributed by atoms with Crippen LogP contribution < -0.4 is 0 Å². The Kier molecular flexibility index (Phi) is 2.96. The zero-order valence-corrected chi connectivity index (χ0v) is 7.83. The molecule has 74 valence electrons. The van der Waals surface area contributed by atoms with Crippen LogP contribution in [0, 0.1) is 5.92 Å². The molecule has 1 aliphatic heterocycles. The molecule has 0 aromatic heterocycles. The minimum absolute atomic E-state index is 0.131. The second-order valence-electron chi connectivity index (χ2n) is 3.88. The first-order valence-electron chi connectivity index (χ1n) is 5.12. The third-order valence-electron chi connectivity index (χ3n) is 2.59. The maximum atomic E-state index is 11.5. The van der Waals surface area contributed by atoms with Gasteiger partial charge in [-0.05, 0) is 18.8 Å². The Hall–Kier alpha value is -0.410. The molecule has 0 aromatic rings. The lowest BCUT2D eigenvalue weighted by Gasteiger charge is -2.21. The fraction of sp³-hybridized carbons (Fsp3) is 0.900. The van der Waals surface area contributed by atoms with Gasteiger partial charge in [0, 0.05) is 6.42 Å². The number of rotatable bonds is 4. The summed E-state index contributed by atoms with van der Waals surface area (Å²) in [6.07, 6.45) is 4.64. The Morgan fingerprint density at radius 2 is 1.92 bits per heavy atom. The van der Waals surface area contributed by atoms with Crippen molar-refractivity contribution >= 4 is 5.78 Å². The van der Waals surface area contributed by atoms with Gasteiger partial charge in [-0.25, -0.2) is 0 Å². The molecule has 0 spiro atoms. The second-order valence-corrected chi connectivity index (χ2v) is 3.88. The summed E-state index contributed by atoms with van der Waals surface area (Å²) in [6.45, 7) is 1.33. The Balaban J connectivity index is 1.67. The van der Waals surface area contributed by atoms with Crippen LogP contribution in [0.5, 0.6) is 0 Å². The van der Waals surface area contributed by atoms with Crippen molar-refractivity contribution in [1.82, 2.24) is 0 Å². The first-order valence-corrected chi connectivity index (χ1v) is 5.12. The number of carbonyl (C=O) groups excluding carboxylic acids is 1. The van der Waals surface area contributed by atoms with Gasteiger partial charge < -0.3 is 9.47 Å². The van der Waals surface area contributed by atoms with Gasteiger partial charge in [-0.15, -0.1) is 0 Å². The molecule has 0 radical (unpaired) electrons. The molecule has 1 saturated carbocycles. The van der Waals surface area contributed by atoms with Gasteiger partial charge in [0.2, 0.25) is 6.29 Å². The summed E-state index contributed by atoms with van der Waals surface area (Å²) in [6, 6.07) is 0. The third kappa shape index (κ3) is 2.78. The Morgan fingerprint density at radius 3 is 2.54 bits per heavy atom. The largest absolute Gasteiger partial charge is 0.346 e. The van der Waals surface area contributed by atoms with Crippen LogP contribution in [0.4, 0.5) is 0 Å². The molecule has 0 unspecified atom stereocenters. The summed E-state index contributed by atoms with van der Waals surface area (Å²) >= 11 is 0. The van der Waals surface area contributed by atoms with E-state index in [1.165, 1.54) is 12.8 Å². The molecular weight excluding hydrogens is 168 g/mol. The monoisotopic (exact) mass is 184 g/mol. The highest BCUT2D eigenvalue weighted by Crippen LogP contribution is 2.33. The minimum atomic E-state index is -0.549. The summed E-state index contributed by atoms with van der Waals surface area (Å²) in [5.74, 6) is 0.944. The molecule has 0 aromatic carbocycles. The Bertz CT molecular complexity index is 181. The average Bonchev–Trinajstić information content (AvgIpc) is 2.99. The van der Waals surface area contributed by atoms with Crippen molar-refractivity contribution in [3.05, 3.63) is 0 Å². The molecule has 3 heteroatoms. The molecule has 0 atom stereocenters. The summed E-state index contributed by atoms with van der Waals surface area (Å²) in [7, 11) is 0. The van der Waals surface area contributed by atoms with Gasteiger partial charge in [0.05, 0.1) is 13.2 Å². The normalized spacial score (nSPS) is 24.6. The van der Waals surface area contributed by atoms with Crippen molar-refractivity contribution in [1.29, 1.82) is 0 Å². The molecule has 0 amide bonds. The van der Waals surface area contributed by atoms with Crippen molar-refractivity contribution in [3.8, 4) is 0 Å². The molecule has 1 heterocycles. The van der Waals surface area contributed by atoms with Crippen LogP contribution >= 0.6 is 0 Å². The lowest BCUT2D eigenvalue weighted by molar-refractivity contribution is -0.188. The third-order valence-corrected chi connectivity index (χ3v) is 2.59. The first-order chi connectivity index (χ1) is 6.36. The fourth-order valence-electron chi connectivity index (χ4n) is 1.54. The van der Waals surface area contributed by atoms with Crippen LogP contribution in [0.2, 0.25) is 0 Å². The van der Waals surface area contributed by atoms with Gasteiger partial charge in [-0.2, -0.15) is 0 Å². The van der Waals surface area contributed by atoms with E-state index in [2.05, 4.69) is 0 Å². The van der Waals surface area contributed by atoms with E-state index in [-0.39, 0.29) is 5.78 Å². The van der Waals surface area contributed by atoms with Crippen molar-refractivity contribution in [3.63, 3.8) is 0 Å². The van der Waals surface area contributed by atoms with E-state index < -0.39 is 6.29 Å². The number of ether oxygens (including phenoxy) is 2. The van der Waals surface area contributed by atoms with Crippen LogP contribution in [0.3, 0.4) is 0 Å². The molecule has 2 aliphatic rings. The van der Waals surface area contributed by atoms with E-state index in [1.807, 2.05) is 0 Å². The number of Topliss-reactive ketones (excluding diaryl/α,β-unsaturated/α-hetero) is 1. The summed E-state index contributed by atoms with van der Waals surface area (Å²) < 4.78 is 10.4. The summed E-state index contributed by atoms with van der Waals surface area (Å²) in [5.41, 5.74) is 0. The molecule has 0 bridgehead atoms. The fourth-order valence-corrected chi connectivity index (χ4v) is 1.54. The Labute approximate surface area is 78.4 Å². The molecule has 0 N–H and O–H groups in total. The van der Waals surface area contributed by atoms with E-state index in [9.17, 15) is 4.79 Å². The highest BCUT2D eigenvalue weighted by Gasteiger charge is 2.26. The van der Waals surface area contributed by atoms with Gasteiger partial charge in [-0.1, -0.05) is 12.8 Å². The average molecular weight is 184 g/mol. The van der Waals surface area contributed by atoms with E-state index in [1.54, 1.807) is 0 Å². The smallest absolute Gasteiger partial charge is 0.217 e. The van der Waals surface area contributed by atoms with E-state index >= 15 is 0 Å². The quantitative estimate of drug-likeness (QED) is 0.664. The van der Waals surface area contributed by atoms with Crippen molar-refractivity contribution < 1.29 is 14.3 Å². The highest BCUT2D eigenvalue weighted by atomic mass is 16.7. The molecule has 3 nitrogen and oxygen atoms in total. The van der Waals surface area contributed by atoms with Gasteiger partial charge in [0.25, 0.3) is 0 Å². The predicted molar refractivity (Wildman–Crippen MR) is 47.3 cm³/mol. The first kappa shape index (κ1) is 9.16. The predicted octanol–water partition coefficient (Wildman–Crippen LogP) is 1.51. The zero-order chi connectivity index (χ0) is 9.10. The van der Waals surface area contributed by atoms with Crippen molar-refractivity contribution in [2.45, 2.75) is 38.4 Å². The van der Waals surface area contributed by atoms with E-state index in [0.29, 0.717) is 19.6 Å². The molecule has 1 saturated heterocycles. The topological polar surface area (TPSA) is 35.5 Å². The van der Waals surface area contributed by atoms with Crippen LogP contribution in [-0.2, 0) is 14.3 Å². The standard InChI is InChI=1S/C10H16O3/c11-9(5-4-8-2-3-8)10-12-6-1-7-13-10/h8,10H,1-7H2. The van der Waals surface area contributed by atoms with Gasteiger partial charge >= 0.3 is 0 Å². The maximum absolute atomic E-state index is 11.5. The number of ketones is 1. The van der Waals surface area contributed by atoms with Crippen LogP contribution in [0.1, 0.15) is 32.1 Å². The molecule has 13 heavy (non-hydrogen) atoms. The highest BCUT2D eigenvalue weighted by molar-refractivity contribution is 5.81. The van der Waals surface area contributed by atoms with Crippen LogP contribution in [0.15, 0.2) is 0 Å². The van der Waals surface area contributed by atoms with E-state index in [4.69, 9.17) is 9.47 Å². The maximum Gasteiger partial charge on any atom is 0.217 e. The summed E-state index contributed by atoms with van der Waals surface area (Å²) in [4.78, 5) is 11.5. The Morgan fingerprint density at radius 1 is 1.23 bits per heavy atom. The summed E-state index contributed by atoms with van der Waals surface area (Å²) in [5, 5.41) is 0. The van der Waals surface area contributed by atoms with Gasteiger partial charge in [0.1, 0.15) is 0 Å². The minimum Gasteiger partial charge on any atom is -0.346 e. The van der Waals surface area contributed by atoms with Gasteiger partial charge in [0.15, 0.2) is 5.78 Å². The molecule has 2 fully saturated rings. The SMILES string of the molecule is O=C(CCC1CC1)C1OCCCO1. The van der Waals surface area contributed by atoms with E-state index in [0.717, 1.165) is 18.8 Å². The van der Waals surface area contributed by atoms with Crippen LogP contribution in [0.25, 0.3) is 0 Å². The van der Waals surface area contributed by atoms with Crippen LogP contribution in [-0.4, -0.2) is 25.3 Å². The zero-order valence-electron chi connectivity index (χ0n) is 7.83. The van der Waals surface area contributed by atoms with Crippen molar-refractivity contribution in [2.75, 3.05) is 13.2 Å². The number of hydrogen-bond acceptors (Lipinski definition) is 3. The lowest BCUT2D eigenvalue weighted by Crippen LogP contribution is -2.32. The van der Waals surface area contributed by atoms with Crippen molar-refractivity contribution in [2.24, 2.45) is 5.92 Å². The second kappa shape index (κ2) is 4.20. The molecule has 1 aliphatic carbocycles. The number of hydrogen-bond donors (Lipinski definition) is 0. The van der Waals surface area contributed by atoms with Gasteiger partial charge in [-0.3, -0.25) is 4.79 Å². The molecular formula is C10H16O3.